The summed E-state index contributed by atoms with van der Waals surface area (Å²) in [6, 6.07) is 9.77. The molecule has 1 aromatic heterocycles. The summed E-state index contributed by atoms with van der Waals surface area (Å²) >= 11 is 6.23. The van der Waals surface area contributed by atoms with Gasteiger partial charge in [-0.1, -0.05) is 35.9 Å². The molecular formula is C20H25ClN4O2. The number of amides is 1. The normalized spacial score (nSPS) is 16.7. The highest BCUT2D eigenvalue weighted by Crippen LogP contribution is 2.25. The summed E-state index contributed by atoms with van der Waals surface area (Å²) < 4.78 is 7.35. The van der Waals surface area contributed by atoms with Gasteiger partial charge < -0.3 is 10.1 Å². The molecule has 1 saturated heterocycles. The number of benzene rings is 1. The third-order valence-electron chi connectivity index (χ3n) is 4.64. The number of carbonyl (C=O) groups is 1. The standard InChI is InChI=1S/C20H25ClN4O2/c1-3-11-24-12-9-16(10-13-24)22-19(26)15(2)27-20-18(21)14-25(23-20)17-7-5-4-6-8-17/h3-8,14-16H,1,9-13H2,2H3,(H,22,26). The van der Waals surface area contributed by atoms with Crippen LogP contribution in [0.4, 0.5) is 0 Å². The van der Waals surface area contributed by atoms with Crippen molar-refractivity contribution in [2.24, 2.45) is 0 Å². The van der Waals surface area contributed by atoms with Gasteiger partial charge in [0.05, 0.1) is 11.9 Å². The molecule has 1 aliphatic rings. The number of piperidine rings is 1. The fourth-order valence-electron chi connectivity index (χ4n) is 3.11. The van der Waals surface area contributed by atoms with Crippen molar-refractivity contribution in [3.63, 3.8) is 0 Å². The minimum absolute atomic E-state index is 0.150. The average molecular weight is 389 g/mol. The quantitative estimate of drug-likeness (QED) is 0.740. The molecule has 1 aliphatic heterocycles. The van der Waals surface area contributed by atoms with Crippen molar-refractivity contribution in [1.29, 1.82) is 0 Å². The summed E-state index contributed by atoms with van der Waals surface area (Å²) in [6.07, 6.45) is 4.76. The Morgan fingerprint density at radius 2 is 2.11 bits per heavy atom. The molecule has 1 amide bonds. The first-order chi connectivity index (χ1) is 13.1. The molecule has 27 heavy (non-hydrogen) atoms. The fourth-order valence-corrected chi connectivity index (χ4v) is 3.29. The maximum Gasteiger partial charge on any atom is 0.261 e. The van der Waals surface area contributed by atoms with E-state index in [0.717, 1.165) is 38.2 Å². The maximum absolute atomic E-state index is 12.5. The molecule has 2 heterocycles. The summed E-state index contributed by atoms with van der Waals surface area (Å²) in [4.78, 5) is 14.8. The van der Waals surface area contributed by atoms with E-state index in [2.05, 4.69) is 21.9 Å². The lowest BCUT2D eigenvalue weighted by molar-refractivity contribution is -0.128. The third kappa shape index (κ3) is 5.11. The van der Waals surface area contributed by atoms with Gasteiger partial charge in [0, 0.05) is 25.7 Å². The van der Waals surface area contributed by atoms with Crippen LogP contribution in [0.25, 0.3) is 5.69 Å². The lowest BCUT2D eigenvalue weighted by atomic mass is 10.0. The molecule has 0 spiro atoms. The van der Waals surface area contributed by atoms with Crippen molar-refractivity contribution in [2.75, 3.05) is 19.6 Å². The van der Waals surface area contributed by atoms with Gasteiger partial charge in [-0.15, -0.1) is 11.7 Å². The third-order valence-corrected chi connectivity index (χ3v) is 4.90. The molecule has 6 nitrogen and oxygen atoms in total. The highest BCUT2D eigenvalue weighted by molar-refractivity contribution is 6.31. The number of nitrogens with one attached hydrogen (secondary N) is 1. The Bertz CT molecular complexity index is 770. The van der Waals surface area contributed by atoms with Crippen LogP contribution in [0.3, 0.4) is 0 Å². The smallest absolute Gasteiger partial charge is 0.261 e. The van der Waals surface area contributed by atoms with E-state index in [1.807, 2.05) is 36.4 Å². The molecule has 1 aromatic carbocycles. The zero-order chi connectivity index (χ0) is 19.2. The second-order valence-corrected chi connectivity index (χ2v) is 7.10. The van der Waals surface area contributed by atoms with Crippen LogP contribution < -0.4 is 10.1 Å². The molecule has 0 bridgehead atoms. The van der Waals surface area contributed by atoms with E-state index >= 15 is 0 Å². The number of aromatic nitrogens is 2. The van der Waals surface area contributed by atoms with Gasteiger partial charge in [-0.3, -0.25) is 9.69 Å². The Morgan fingerprint density at radius 3 is 2.78 bits per heavy atom. The van der Waals surface area contributed by atoms with Crippen LogP contribution in [0, 0.1) is 0 Å². The number of hydrogen-bond acceptors (Lipinski definition) is 4. The molecular weight excluding hydrogens is 364 g/mol. The van der Waals surface area contributed by atoms with E-state index in [0.29, 0.717) is 5.02 Å². The SMILES string of the molecule is C=CCN1CCC(NC(=O)C(C)Oc2nn(-c3ccccc3)cc2Cl)CC1. The molecule has 2 aromatic rings. The van der Waals surface area contributed by atoms with Crippen LogP contribution in [0.15, 0.2) is 49.2 Å². The van der Waals surface area contributed by atoms with Gasteiger partial charge in [-0.05, 0) is 31.9 Å². The Balaban J connectivity index is 1.54. The molecule has 1 fully saturated rings. The van der Waals surface area contributed by atoms with Crippen molar-refractivity contribution in [3.05, 3.63) is 54.2 Å². The van der Waals surface area contributed by atoms with E-state index in [1.54, 1.807) is 17.8 Å². The first kappa shape index (κ1) is 19.5. The van der Waals surface area contributed by atoms with Crippen molar-refractivity contribution >= 4 is 17.5 Å². The number of likely N-dealkylation sites (tertiary alicyclic amines) is 1. The van der Waals surface area contributed by atoms with E-state index in [1.165, 1.54) is 0 Å². The lowest BCUT2D eigenvalue weighted by Gasteiger charge is -2.32. The highest BCUT2D eigenvalue weighted by Gasteiger charge is 2.24. The number of ether oxygens (including phenoxy) is 1. The summed E-state index contributed by atoms with van der Waals surface area (Å²) in [6.45, 7) is 8.28. The monoisotopic (exact) mass is 388 g/mol. The Labute approximate surface area is 164 Å². The lowest BCUT2D eigenvalue weighted by Crippen LogP contribution is -2.48. The van der Waals surface area contributed by atoms with E-state index < -0.39 is 6.10 Å². The van der Waals surface area contributed by atoms with E-state index in [-0.39, 0.29) is 17.8 Å². The van der Waals surface area contributed by atoms with Gasteiger partial charge in [-0.25, -0.2) is 4.68 Å². The van der Waals surface area contributed by atoms with Crippen molar-refractivity contribution in [2.45, 2.75) is 31.9 Å². The van der Waals surface area contributed by atoms with Crippen LogP contribution in [0.5, 0.6) is 5.88 Å². The largest absolute Gasteiger partial charge is 0.462 e. The van der Waals surface area contributed by atoms with Gasteiger partial charge in [0.25, 0.3) is 11.8 Å². The minimum Gasteiger partial charge on any atom is -0.462 e. The van der Waals surface area contributed by atoms with Gasteiger partial charge >= 0.3 is 0 Å². The van der Waals surface area contributed by atoms with Gasteiger partial charge in [0.2, 0.25) is 0 Å². The predicted molar refractivity (Wildman–Crippen MR) is 106 cm³/mol. The Kier molecular flexibility index (Phi) is 6.53. The van der Waals surface area contributed by atoms with Gasteiger partial charge in [-0.2, -0.15) is 0 Å². The van der Waals surface area contributed by atoms with Crippen molar-refractivity contribution < 1.29 is 9.53 Å². The summed E-state index contributed by atoms with van der Waals surface area (Å²) in [7, 11) is 0. The molecule has 0 aliphatic carbocycles. The van der Waals surface area contributed by atoms with Crippen LogP contribution in [-0.2, 0) is 4.79 Å². The van der Waals surface area contributed by atoms with E-state index in [4.69, 9.17) is 16.3 Å². The minimum atomic E-state index is -0.673. The molecule has 1 unspecified atom stereocenters. The summed E-state index contributed by atoms with van der Waals surface area (Å²) in [5.74, 6) is 0.103. The maximum atomic E-state index is 12.5. The zero-order valence-electron chi connectivity index (χ0n) is 15.5. The predicted octanol–water partition coefficient (Wildman–Crippen LogP) is 3.06. The Morgan fingerprint density at radius 1 is 1.41 bits per heavy atom. The van der Waals surface area contributed by atoms with Gasteiger partial charge in [0.1, 0.15) is 5.02 Å². The van der Waals surface area contributed by atoms with Crippen LogP contribution in [0.2, 0.25) is 5.02 Å². The van der Waals surface area contributed by atoms with Crippen LogP contribution in [-0.4, -0.2) is 52.4 Å². The number of carbonyl (C=O) groups excluding carboxylic acids is 1. The second kappa shape index (κ2) is 9.06. The molecule has 0 radical (unpaired) electrons. The molecule has 3 rings (SSSR count). The number of rotatable bonds is 7. The first-order valence-corrected chi connectivity index (χ1v) is 9.55. The van der Waals surface area contributed by atoms with Crippen LogP contribution in [0.1, 0.15) is 19.8 Å². The van der Waals surface area contributed by atoms with Gasteiger partial charge in [0.15, 0.2) is 6.10 Å². The molecule has 144 valence electrons. The van der Waals surface area contributed by atoms with E-state index in [9.17, 15) is 4.79 Å². The second-order valence-electron chi connectivity index (χ2n) is 6.69. The summed E-state index contributed by atoms with van der Waals surface area (Å²) in [5, 5.41) is 7.78. The molecule has 1 atom stereocenters. The molecule has 7 heteroatoms. The van der Waals surface area contributed by atoms with Crippen molar-refractivity contribution in [3.8, 4) is 11.6 Å². The average Bonchev–Trinajstić information content (AvgIpc) is 3.04. The Hall–Kier alpha value is -2.31. The van der Waals surface area contributed by atoms with Crippen LogP contribution >= 0.6 is 11.6 Å². The number of halogens is 1. The number of hydrogen-bond donors (Lipinski definition) is 1. The molecule has 1 N–H and O–H groups in total. The number of nitrogens with zero attached hydrogens (tertiary/aromatic N) is 3. The highest BCUT2D eigenvalue weighted by atomic mass is 35.5. The summed E-state index contributed by atoms with van der Waals surface area (Å²) in [5.41, 5.74) is 0.873. The first-order valence-electron chi connectivity index (χ1n) is 9.17. The number of para-hydroxylation sites is 1. The van der Waals surface area contributed by atoms with Crippen molar-refractivity contribution in [1.82, 2.24) is 20.0 Å². The zero-order valence-corrected chi connectivity index (χ0v) is 16.2. The topological polar surface area (TPSA) is 59.4 Å². The molecule has 0 saturated carbocycles. The fraction of sp³-hybridized carbons (Fsp3) is 0.400.